The van der Waals surface area contributed by atoms with Crippen molar-refractivity contribution in [3.63, 3.8) is 0 Å². The molecule has 1 N–H and O–H groups in total. The highest BCUT2D eigenvalue weighted by Gasteiger charge is 2.27. The molecule has 1 aromatic heterocycles. The number of fused-ring (bicyclic) bond motifs is 1. The summed E-state index contributed by atoms with van der Waals surface area (Å²) in [6, 6.07) is 17.7. The Kier molecular flexibility index (Phi) is 5.08. The van der Waals surface area contributed by atoms with Gasteiger partial charge in [0.2, 0.25) is 6.10 Å². The number of carbonyl (C=O) groups is 1. The molecule has 1 aliphatic heterocycles. The number of carbonyl (C=O) groups excluding carboxylic acids is 1. The largest absolute Gasteiger partial charge is 0.485 e. The number of hydrazone groups is 1. The second-order valence-electron chi connectivity index (χ2n) is 7.10. The lowest BCUT2D eigenvalue weighted by Crippen LogP contribution is -2.42. The van der Waals surface area contributed by atoms with Crippen molar-refractivity contribution in [2.75, 3.05) is 6.61 Å². The Bertz CT molecular complexity index is 1070. The van der Waals surface area contributed by atoms with Crippen molar-refractivity contribution in [2.24, 2.45) is 5.10 Å². The molecular weight excluding hydrogens is 366 g/mol. The SMILES string of the molecule is Cc1ccc(-n2c(C)cc(/C=N\NC(=O)[C@H]3COc4ccccc4O3)c2C)cc1. The smallest absolute Gasteiger partial charge is 0.284 e. The average molecular weight is 389 g/mol. The van der Waals surface area contributed by atoms with E-state index < -0.39 is 6.10 Å². The van der Waals surface area contributed by atoms with Gasteiger partial charge in [-0.2, -0.15) is 5.10 Å². The van der Waals surface area contributed by atoms with Gasteiger partial charge in [0.15, 0.2) is 11.5 Å². The minimum Gasteiger partial charge on any atom is -0.485 e. The van der Waals surface area contributed by atoms with Crippen LogP contribution in [0.1, 0.15) is 22.5 Å². The zero-order chi connectivity index (χ0) is 20.4. The number of amides is 1. The number of nitrogens with zero attached hydrogens (tertiary/aromatic N) is 2. The van der Waals surface area contributed by atoms with Crippen molar-refractivity contribution in [1.29, 1.82) is 0 Å². The van der Waals surface area contributed by atoms with E-state index in [1.165, 1.54) is 5.56 Å². The molecule has 0 spiro atoms. The van der Waals surface area contributed by atoms with E-state index in [-0.39, 0.29) is 12.5 Å². The molecule has 4 rings (SSSR count). The zero-order valence-electron chi connectivity index (χ0n) is 16.7. The van der Waals surface area contributed by atoms with Crippen LogP contribution in [0.15, 0.2) is 59.7 Å². The number of nitrogens with one attached hydrogen (secondary N) is 1. The first-order valence-electron chi connectivity index (χ1n) is 9.50. The van der Waals surface area contributed by atoms with Crippen LogP contribution < -0.4 is 14.9 Å². The van der Waals surface area contributed by atoms with E-state index in [9.17, 15) is 4.79 Å². The normalized spacial score (nSPS) is 15.5. The Labute approximate surface area is 169 Å². The second kappa shape index (κ2) is 7.83. The molecule has 0 bridgehead atoms. The Balaban J connectivity index is 1.44. The number of benzene rings is 2. The molecule has 2 heterocycles. The summed E-state index contributed by atoms with van der Waals surface area (Å²) >= 11 is 0. The minimum absolute atomic E-state index is 0.153. The maximum absolute atomic E-state index is 12.4. The molecule has 2 aromatic carbocycles. The van der Waals surface area contributed by atoms with Crippen molar-refractivity contribution in [1.82, 2.24) is 9.99 Å². The molecule has 29 heavy (non-hydrogen) atoms. The molecule has 0 aliphatic carbocycles. The number of aryl methyl sites for hydroxylation is 2. The van der Waals surface area contributed by atoms with Crippen LogP contribution in [0.3, 0.4) is 0 Å². The van der Waals surface area contributed by atoms with E-state index in [1.807, 2.05) is 38.1 Å². The summed E-state index contributed by atoms with van der Waals surface area (Å²) in [5.41, 5.74) is 7.96. The first kappa shape index (κ1) is 18.8. The summed E-state index contributed by atoms with van der Waals surface area (Å²) in [5.74, 6) is 0.858. The van der Waals surface area contributed by atoms with Crippen molar-refractivity contribution in [3.8, 4) is 17.2 Å². The molecule has 0 radical (unpaired) electrons. The van der Waals surface area contributed by atoms with Crippen molar-refractivity contribution >= 4 is 12.1 Å². The van der Waals surface area contributed by atoms with Gasteiger partial charge in [0, 0.05) is 22.6 Å². The van der Waals surface area contributed by atoms with E-state index in [2.05, 4.69) is 46.3 Å². The van der Waals surface area contributed by atoms with Gasteiger partial charge in [-0.15, -0.1) is 0 Å². The molecule has 3 aromatic rings. The van der Waals surface area contributed by atoms with Gasteiger partial charge in [-0.1, -0.05) is 29.8 Å². The number of ether oxygens (including phenoxy) is 2. The lowest BCUT2D eigenvalue weighted by atomic mass is 10.2. The standard InChI is InChI=1S/C23H23N3O3/c1-15-8-10-19(11-9-15)26-16(2)12-18(17(26)3)13-24-25-23(27)22-14-28-20-6-4-5-7-21(20)29-22/h4-13,22H,14H2,1-3H3,(H,25,27)/b24-13-/t22-/m1/s1. The van der Waals surface area contributed by atoms with Gasteiger partial charge in [-0.05, 0) is 51.1 Å². The van der Waals surface area contributed by atoms with Gasteiger partial charge >= 0.3 is 0 Å². The van der Waals surface area contributed by atoms with Gasteiger partial charge in [0.1, 0.15) is 6.61 Å². The molecule has 0 unspecified atom stereocenters. The first-order chi connectivity index (χ1) is 14.0. The third-order valence-corrected chi connectivity index (χ3v) is 4.94. The summed E-state index contributed by atoms with van der Waals surface area (Å²) in [5, 5.41) is 4.12. The van der Waals surface area contributed by atoms with Crippen LogP contribution in [-0.4, -0.2) is 29.4 Å². The summed E-state index contributed by atoms with van der Waals surface area (Å²) in [7, 11) is 0. The Morgan fingerprint density at radius 1 is 1.10 bits per heavy atom. The summed E-state index contributed by atoms with van der Waals surface area (Å²) in [6.07, 6.45) is 0.921. The summed E-state index contributed by atoms with van der Waals surface area (Å²) < 4.78 is 13.4. The maximum atomic E-state index is 12.4. The van der Waals surface area contributed by atoms with Gasteiger partial charge in [0.05, 0.1) is 6.21 Å². The van der Waals surface area contributed by atoms with Crippen molar-refractivity contribution in [3.05, 3.63) is 77.1 Å². The molecule has 6 nitrogen and oxygen atoms in total. The molecule has 148 valence electrons. The van der Waals surface area contributed by atoms with Crippen LogP contribution in [0.2, 0.25) is 0 Å². The highest BCUT2D eigenvalue weighted by atomic mass is 16.6. The Hall–Kier alpha value is -3.54. The molecule has 1 amide bonds. The number of aromatic nitrogens is 1. The predicted molar refractivity (Wildman–Crippen MR) is 112 cm³/mol. The third-order valence-electron chi connectivity index (χ3n) is 4.94. The fourth-order valence-electron chi connectivity index (χ4n) is 3.40. The fourth-order valence-corrected chi connectivity index (χ4v) is 3.40. The van der Waals surface area contributed by atoms with Crippen LogP contribution >= 0.6 is 0 Å². The Morgan fingerprint density at radius 3 is 2.59 bits per heavy atom. The zero-order valence-corrected chi connectivity index (χ0v) is 16.7. The predicted octanol–water partition coefficient (Wildman–Crippen LogP) is 3.69. The maximum Gasteiger partial charge on any atom is 0.284 e. The Morgan fingerprint density at radius 2 is 1.83 bits per heavy atom. The lowest BCUT2D eigenvalue weighted by molar-refractivity contribution is -0.130. The first-order valence-corrected chi connectivity index (χ1v) is 9.50. The fraction of sp³-hybridized carbons (Fsp3) is 0.217. The number of hydrogen-bond acceptors (Lipinski definition) is 4. The van der Waals surface area contributed by atoms with Gasteiger partial charge in [-0.3, -0.25) is 4.79 Å². The molecular formula is C23H23N3O3. The van der Waals surface area contributed by atoms with Crippen molar-refractivity contribution < 1.29 is 14.3 Å². The topological polar surface area (TPSA) is 64.9 Å². The third kappa shape index (κ3) is 3.87. The van der Waals surface area contributed by atoms with Crippen LogP contribution in [0, 0.1) is 20.8 Å². The quantitative estimate of drug-likeness (QED) is 0.547. The summed E-state index contributed by atoms with van der Waals surface area (Å²) in [4.78, 5) is 12.4. The number of hydrogen-bond donors (Lipinski definition) is 1. The monoisotopic (exact) mass is 389 g/mol. The number of para-hydroxylation sites is 2. The second-order valence-corrected chi connectivity index (χ2v) is 7.10. The highest BCUT2D eigenvalue weighted by Crippen LogP contribution is 2.30. The minimum atomic E-state index is -0.734. The van der Waals surface area contributed by atoms with Gasteiger partial charge < -0.3 is 14.0 Å². The van der Waals surface area contributed by atoms with Gasteiger partial charge in [-0.25, -0.2) is 5.43 Å². The lowest BCUT2D eigenvalue weighted by Gasteiger charge is -2.24. The van der Waals surface area contributed by atoms with Crippen LogP contribution in [-0.2, 0) is 4.79 Å². The van der Waals surface area contributed by atoms with Crippen molar-refractivity contribution in [2.45, 2.75) is 26.9 Å². The van der Waals surface area contributed by atoms with Crippen LogP contribution in [0.25, 0.3) is 5.69 Å². The van der Waals surface area contributed by atoms with Crippen LogP contribution in [0.5, 0.6) is 11.5 Å². The molecule has 1 aliphatic rings. The van der Waals surface area contributed by atoms with Crippen LogP contribution in [0.4, 0.5) is 0 Å². The summed E-state index contributed by atoms with van der Waals surface area (Å²) in [6.45, 7) is 6.30. The van der Waals surface area contributed by atoms with E-state index >= 15 is 0 Å². The molecule has 0 fully saturated rings. The van der Waals surface area contributed by atoms with E-state index in [4.69, 9.17) is 9.47 Å². The molecule has 0 saturated heterocycles. The van der Waals surface area contributed by atoms with E-state index in [0.29, 0.717) is 11.5 Å². The highest BCUT2D eigenvalue weighted by molar-refractivity contribution is 5.86. The van der Waals surface area contributed by atoms with E-state index in [0.717, 1.165) is 22.6 Å². The molecule has 1 atom stereocenters. The van der Waals surface area contributed by atoms with Gasteiger partial charge in [0.25, 0.3) is 5.91 Å². The molecule has 0 saturated carbocycles. The molecule has 6 heteroatoms. The average Bonchev–Trinajstić information content (AvgIpc) is 3.01. The van der Waals surface area contributed by atoms with E-state index in [1.54, 1.807) is 12.3 Å². The number of rotatable bonds is 4.